The Kier molecular flexibility index (Phi) is 7.16. The van der Waals surface area contributed by atoms with Crippen molar-refractivity contribution in [3.05, 3.63) is 58.6 Å². The zero-order valence-corrected chi connectivity index (χ0v) is 16.3. The van der Waals surface area contributed by atoms with Crippen LogP contribution in [-0.2, 0) is 22.0 Å². The fourth-order valence-corrected chi connectivity index (χ4v) is 4.08. The van der Waals surface area contributed by atoms with Crippen LogP contribution >= 0.6 is 23.4 Å². The standard InChI is InChI=1S/C18H22ClNO2S2/c1-3-20-11-10-14-6-9-17(19)18(12-14)23-13-15-4-7-16(8-5-15)24(2,21)22/h4-9,12,20H,3,10-11,13H2,1-2H3. The lowest BCUT2D eigenvalue weighted by atomic mass is 10.1. The molecule has 0 heterocycles. The highest BCUT2D eigenvalue weighted by Gasteiger charge is 2.07. The predicted octanol–water partition coefficient (Wildman–Crippen LogP) is 4.19. The Bertz CT molecular complexity index is 774. The van der Waals surface area contributed by atoms with Gasteiger partial charge in [0.25, 0.3) is 0 Å². The molecule has 6 heteroatoms. The Labute approximate surface area is 153 Å². The van der Waals surface area contributed by atoms with E-state index in [0.717, 1.165) is 40.7 Å². The van der Waals surface area contributed by atoms with Crippen molar-refractivity contribution >= 4 is 33.2 Å². The van der Waals surface area contributed by atoms with Gasteiger partial charge in [-0.2, -0.15) is 0 Å². The van der Waals surface area contributed by atoms with E-state index < -0.39 is 9.84 Å². The van der Waals surface area contributed by atoms with E-state index >= 15 is 0 Å². The summed E-state index contributed by atoms with van der Waals surface area (Å²) in [5.74, 6) is 0.750. The third-order valence-electron chi connectivity index (χ3n) is 3.58. The van der Waals surface area contributed by atoms with Gasteiger partial charge in [0, 0.05) is 16.9 Å². The molecule has 0 saturated carbocycles. The first-order valence-corrected chi connectivity index (χ1v) is 11.1. The second-order valence-electron chi connectivity index (χ2n) is 5.57. The fraction of sp³-hybridized carbons (Fsp3) is 0.333. The summed E-state index contributed by atoms with van der Waals surface area (Å²) in [5.41, 5.74) is 2.33. The third-order valence-corrected chi connectivity index (χ3v) is 6.28. The number of thioether (sulfide) groups is 1. The van der Waals surface area contributed by atoms with Crippen molar-refractivity contribution in [1.29, 1.82) is 0 Å². The highest BCUT2D eigenvalue weighted by atomic mass is 35.5. The van der Waals surface area contributed by atoms with Gasteiger partial charge in [0.15, 0.2) is 9.84 Å². The van der Waals surface area contributed by atoms with Gasteiger partial charge in [-0.25, -0.2) is 8.42 Å². The van der Waals surface area contributed by atoms with E-state index in [1.54, 1.807) is 23.9 Å². The van der Waals surface area contributed by atoms with Gasteiger partial charge >= 0.3 is 0 Å². The molecule has 130 valence electrons. The summed E-state index contributed by atoms with van der Waals surface area (Å²) >= 11 is 7.96. The minimum Gasteiger partial charge on any atom is -0.317 e. The van der Waals surface area contributed by atoms with Crippen LogP contribution in [0.2, 0.25) is 5.02 Å². The van der Waals surface area contributed by atoms with Crippen molar-refractivity contribution in [3.63, 3.8) is 0 Å². The number of hydrogen-bond acceptors (Lipinski definition) is 4. The lowest BCUT2D eigenvalue weighted by Crippen LogP contribution is -2.15. The van der Waals surface area contributed by atoms with Crippen LogP contribution in [0.3, 0.4) is 0 Å². The van der Waals surface area contributed by atoms with E-state index in [4.69, 9.17) is 11.6 Å². The largest absolute Gasteiger partial charge is 0.317 e. The predicted molar refractivity (Wildman–Crippen MR) is 103 cm³/mol. The van der Waals surface area contributed by atoms with Gasteiger partial charge in [-0.15, -0.1) is 11.8 Å². The Morgan fingerprint density at radius 2 is 1.75 bits per heavy atom. The number of halogens is 1. The Morgan fingerprint density at radius 1 is 1.08 bits per heavy atom. The van der Waals surface area contributed by atoms with Gasteiger partial charge in [0.05, 0.1) is 9.92 Å². The fourth-order valence-electron chi connectivity index (χ4n) is 2.22. The normalized spacial score (nSPS) is 11.6. The molecule has 2 aromatic carbocycles. The Hall–Kier alpha value is -1.01. The average Bonchev–Trinajstić information content (AvgIpc) is 2.55. The maximum atomic E-state index is 11.5. The van der Waals surface area contributed by atoms with Crippen molar-refractivity contribution in [3.8, 4) is 0 Å². The van der Waals surface area contributed by atoms with Crippen molar-refractivity contribution in [2.45, 2.75) is 28.9 Å². The number of nitrogens with one attached hydrogen (secondary N) is 1. The molecule has 0 aliphatic carbocycles. The summed E-state index contributed by atoms with van der Waals surface area (Å²) in [5, 5.41) is 4.07. The summed E-state index contributed by atoms with van der Waals surface area (Å²) in [4.78, 5) is 1.40. The topological polar surface area (TPSA) is 46.2 Å². The average molecular weight is 384 g/mol. The molecule has 0 saturated heterocycles. The van der Waals surface area contributed by atoms with Gasteiger partial charge in [0.2, 0.25) is 0 Å². The molecule has 1 N–H and O–H groups in total. The van der Waals surface area contributed by atoms with E-state index in [1.165, 1.54) is 11.8 Å². The monoisotopic (exact) mass is 383 g/mol. The second kappa shape index (κ2) is 8.90. The van der Waals surface area contributed by atoms with Crippen LogP contribution < -0.4 is 5.32 Å². The minimum absolute atomic E-state index is 0.347. The number of sulfone groups is 1. The molecule has 0 bridgehead atoms. The van der Waals surface area contributed by atoms with E-state index in [1.807, 2.05) is 18.2 Å². The maximum absolute atomic E-state index is 11.5. The molecular weight excluding hydrogens is 362 g/mol. The van der Waals surface area contributed by atoms with Gasteiger partial charge in [-0.1, -0.05) is 36.7 Å². The van der Waals surface area contributed by atoms with Crippen LogP contribution in [0.4, 0.5) is 0 Å². The summed E-state index contributed by atoms with van der Waals surface area (Å²) in [6.07, 6.45) is 2.19. The van der Waals surface area contributed by atoms with Crippen molar-refractivity contribution in [1.82, 2.24) is 5.32 Å². The molecule has 0 aromatic heterocycles. The number of rotatable bonds is 8. The quantitative estimate of drug-likeness (QED) is 0.548. The Morgan fingerprint density at radius 3 is 2.38 bits per heavy atom. The summed E-state index contributed by atoms with van der Waals surface area (Å²) in [6, 6.07) is 13.1. The molecule has 0 aliphatic heterocycles. The molecule has 0 radical (unpaired) electrons. The van der Waals surface area contributed by atoms with Crippen molar-refractivity contribution in [2.24, 2.45) is 0 Å². The molecular formula is C18H22ClNO2S2. The van der Waals surface area contributed by atoms with Crippen LogP contribution in [0.15, 0.2) is 52.3 Å². The molecule has 0 spiro atoms. The SMILES string of the molecule is CCNCCc1ccc(Cl)c(SCc2ccc(S(C)(=O)=O)cc2)c1. The molecule has 0 atom stereocenters. The highest BCUT2D eigenvalue weighted by Crippen LogP contribution is 2.31. The summed E-state index contributed by atoms with van der Waals surface area (Å²) in [6.45, 7) is 4.02. The molecule has 0 amide bonds. The van der Waals surface area contributed by atoms with E-state index in [9.17, 15) is 8.42 Å². The van der Waals surface area contributed by atoms with Crippen LogP contribution in [0.25, 0.3) is 0 Å². The number of likely N-dealkylation sites (N-methyl/N-ethyl adjacent to an activating group) is 1. The zero-order valence-electron chi connectivity index (χ0n) is 13.9. The van der Waals surface area contributed by atoms with Crippen LogP contribution in [0, 0.1) is 0 Å². The van der Waals surface area contributed by atoms with Gasteiger partial charge in [-0.05, 0) is 54.9 Å². The zero-order chi connectivity index (χ0) is 17.6. The molecule has 2 aromatic rings. The van der Waals surface area contributed by atoms with E-state index in [2.05, 4.69) is 24.4 Å². The summed E-state index contributed by atoms with van der Waals surface area (Å²) < 4.78 is 23.0. The van der Waals surface area contributed by atoms with Gasteiger partial charge < -0.3 is 5.32 Å². The summed E-state index contributed by atoms with van der Waals surface area (Å²) in [7, 11) is -3.14. The molecule has 0 unspecified atom stereocenters. The van der Waals surface area contributed by atoms with Gasteiger partial charge in [-0.3, -0.25) is 0 Å². The first-order valence-electron chi connectivity index (χ1n) is 7.81. The van der Waals surface area contributed by atoms with Crippen molar-refractivity contribution < 1.29 is 8.42 Å². The smallest absolute Gasteiger partial charge is 0.175 e. The molecule has 2 rings (SSSR count). The lowest BCUT2D eigenvalue weighted by Gasteiger charge is -2.08. The Balaban J connectivity index is 2.01. The molecule has 0 fully saturated rings. The van der Waals surface area contributed by atoms with Crippen LogP contribution in [0.1, 0.15) is 18.1 Å². The van der Waals surface area contributed by atoms with Crippen LogP contribution in [0.5, 0.6) is 0 Å². The first kappa shape index (κ1) is 19.3. The number of hydrogen-bond donors (Lipinski definition) is 1. The van der Waals surface area contributed by atoms with E-state index in [-0.39, 0.29) is 0 Å². The van der Waals surface area contributed by atoms with Crippen LogP contribution in [-0.4, -0.2) is 27.8 Å². The van der Waals surface area contributed by atoms with Crippen molar-refractivity contribution in [2.75, 3.05) is 19.3 Å². The minimum atomic E-state index is -3.14. The highest BCUT2D eigenvalue weighted by molar-refractivity contribution is 7.98. The molecule has 3 nitrogen and oxygen atoms in total. The first-order chi connectivity index (χ1) is 11.4. The molecule has 0 aliphatic rings. The maximum Gasteiger partial charge on any atom is 0.175 e. The molecule has 24 heavy (non-hydrogen) atoms. The van der Waals surface area contributed by atoms with Gasteiger partial charge in [0.1, 0.15) is 0 Å². The number of benzene rings is 2. The third kappa shape index (κ3) is 5.81. The lowest BCUT2D eigenvalue weighted by molar-refractivity contribution is 0.602. The second-order valence-corrected chi connectivity index (χ2v) is 9.01. The van der Waals surface area contributed by atoms with E-state index in [0.29, 0.717) is 4.90 Å².